The SMILES string of the molecule is O=C(NC(Cc1ccncc1)C(=O)N1CCC2OCC(=O)C21)c1cncc(-c2cccs2)c1. The Morgan fingerprint density at radius 3 is 2.85 bits per heavy atom. The Labute approximate surface area is 194 Å². The van der Waals surface area contributed by atoms with Crippen LogP contribution in [0.1, 0.15) is 22.3 Å². The van der Waals surface area contributed by atoms with Crippen molar-refractivity contribution in [2.75, 3.05) is 13.2 Å². The monoisotopic (exact) mass is 462 g/mol. The zero-order valence-electron chi connectivity index (χ0n) is 17.7. The van der Waals surface area contributed by atoms with Crippen LogP contribution in [0.5, 0.6) is 0 Å². The first-order chi connectivity index (χ1) is 16.1. The lowest BCUT2D eigenvalue weighted by Gasteiger charge is -2.27. The summed E-state index contributed by atoms with van der Waals surface area (Å²) in [5, 5.41) is 4.85. The maximum absolute atomic E-state index is 13.5. The molecule has 0 aromatic carbocycles. The largest absolute Gasteiger partial charge is 0.368 e. The maximum Gasteiger partial charge on any atom is 0.253 e. The summed E-state index contributed by atoms with van der Waals surface area (Å²) in [5.74, 6) is -0.764. The fourth-order valence-electron chi connectivity index (χ4n) is 4.38. The van der Waals surface area contributed by atoms with Crippen LogP contribution in [-0.4, -0.2) is 63.8 Å². The molecule has 8 nitrogen and oxygen atoms in total. The molecule has 0 spiro atoms. The number of Topliss-reactive ketones (excluding diaryl/α,β-unsaturated/α-hetero) is 1. The van der Waals surface area contributed by atoms with Gasteiger partial charge in [0.05, 0.1) is 11.7 Å². The lowest BCUT2D eigenvalue weighted by molar-refractivity contribution is -0.138. The summed E-state index contributed by atoms with van der Waals surface area (Å²) in [6.07, 6.45) is 7.13. The van der Waals surface area contributed by atoms with Crippen LogP contribution in [0.2, 0.25) is 0 Å². The molecule has 3 atom stereocenters. The van der Waals surface area contributed by atoms with E-state index in [1.807, 2.05) is 29.6 Å². The Hall–Kier alpha value is -3.43. The molecule has 3 aromatic rings. The minimum absolute atomic E-state index is 0.0294. The fourth-order valence-corrected chi connectivity index (χ4v) is 5.09. The molecule has 2 saturated heterocycles. The highest BCUT2D eigenvalue weighted by molar-refractivity contribution is 7.13. The van der Waals surface area contributed by atoms with Crippen LogP contribution in [0, 0.1) is 0 Å². The van der Waals surface area contributed by atoms with Crippen LogP contribution >= 0.6 is 11.3 Å². The minimum atomic E-state index is -0.836. The van der Waals surface area contributed by atoms with Gasteiger partial charge in [-0.3, -0.25) is 24.4 Å². The van der Waals surface area contributed by atoms with E-state index in [1.165, 1.54) is 6.20 Å². The number of likely N-dealkylation sites (tertiary alicyclic amines) is 1. The number of aromatic nitrogens is 2. The number of fused-ring (bicyclic) bond motifs is 1. The highest BCUT2D eigenvalue weighted by Gasteiger charge is 2.48. The number of hydrogen-bond donors (Lipinski definition) is 1. The third-order valence-corrected chi connectivity index (χ3v) is 6.91. The summed E-state index contributed by atoms with van der Waals surface area (Å²) in [4.78, 5) is 49.8. The number of ether oxygens (including phenoxy) is 1. The Morgan fingerprint density at radius 2 is 2.06 bits per heavy atom. The topological polar surface area (TPSA) is 101 Å². The highest BCUT2D eigenvalue weighted by atomic mass is 32.1. The van der Waals surface area contributed by atoms with E-state index in [2.05, 4.69) is 15.3 Å². The van der Waals surface area contributed by atoms with Crippen LogP contribution in [0.15, 0.2) is 60.5 Å². The van der Waals surface area contributed by atoms with Gasteiger partial charge in [0, 0.05) is 48.2 Å². The predicted octanol–water partition coefficient (Wildman–Crippen LogP) is 2.12. The van der Waals surface area contributed by atoms with Gasteiger partial charge in [-0.2, -0.15) is 0 Å². The fraction of sp³-hybridized carbons (Fsp3) is 0.292. The number of carbonyl (C=O) groups is 3. The number of rotatable bonds is 6. The number of nitrogens with one attached hydrogen (secondary N) is 1. The van der Waals surface area contributed by atoms with Crippen LogP contribution in [0.4, 0.5) is 0 Å². The van der Waals surface area contributed by atoms with Gasteiger partial charge in [-0.25, -0.2) is 0 Å². The third-order valence-electron chi connectivity index (χ3n) is 5.99. The Kier molecular flexibility index (Phi) is 5.97. The van der Waals surface area contributed by atoms with Crippen molar-refractivity contribution in [2.24, 2.45) is 0 Å². The summed E-state index contributed by atoms with van der Waals surface area (Å²) < 4.78 is 5.52. The van der Waals surface area contributed by atoms with E-state index in [1.54, 1.807) is 40.9 Å². The Morgan fingerprint density at radius 1 is 1.21 bits per heavy atom. The van der Waals surface area contributed by atoms with Crippen LogP contribution in [0.25, 0.3) is 10.4 Å². The van der Waals surface area contributed by atoms with Gasteiger partial charge in [-0.1, -0.05) is 6.07 Å². The van der Waals surface area contributed by atoms with Gasteiger partial charge in [0.2, 0.25) is 5.91 Å². The van der Waals surface area contributed by atoms with Gasteiger partial charge >= 0.3 is 0 Å². The molecular weight excluding hydrogens is 440 g/mol. The van der Waals surface area contributed by atoms with Gasteiger partial charge in [0.25, 0.3) is 5.91 Å². The second kappa shape index (κ2) is 9.21. The molecule has 3 unspecified atom stereocenters. The summed E-state index contributed by atoms with van der Waals surface area (Å²) in [6.45, 7) is 0.458. The highest BCUT2D eigenvalue weighted by Crippen LogP contribution is 2.28. The van der Waals surface area contributed by atoms with E-state index in [0.29, 0.717) is 18.5 Å². The third kappa shape index (κ3) is 4.42. The van der Waals surface area contributed by atoms with Crippen molar-refractivity contribution in [3.8, 4) is 10.4 Å². The van der Waals surface area contributed by atoms with Gasteiger partial charge in [0.1, 0.15) is 18.7 Å². The summed E-state index contributed by atoms with van der Waals surface area (Å²) in [7, 11) is 0. The first-order valence-electron chi connectivity index (χ1n) is 10.7. The van der Waals surface area contributed by atoms with Crippen LogP contribution in [0.3, 0.4) is 0 Å². The van der Waals surface area contributed by atoms with Gasteiger partial charge < -0.3 is 15.0 Å². The maximum atomic E-state index is 13.5. The quantitative estimate of drug-likeness (QED) is 0.602. The normalized spacial score (nSPS) is 20.5. The number of carbonyl (C=O) groups excluding carboxylic acids is 3. The molecule has 0 radical (unpaired) electrons. The van der Waals surface area contributed by atoms with Gasteiger partial charge in [0.15, 0.2) is 5.78 Å². The van der Waals surface area contributed by atoms with Crippen molar-refractivity contribution in [3.05, 3.63) is 71.6 Å². The molecule has 2 fully saturated rings. The molecule has 5 heterocycles. The van der Waals surface area contributed by atoms with Crippen molar-refractivity contribution in [1.29, 1.82) is 0 Å². The molecular formula is C24H22N4O4S. The number of ketones is 1. The van der Waals surface area contributed by atoms with E-state index in [4.69, 9.17) is 4.74 Å². The number of nitrogens with zero attached hydrogens (tertiary/aromatic N) is 3. The average molecular weight is 463 g/mol. The predicted molar refractivity (Wildman–Crippen MR) is 122 cm³/mol. The molecule has 2 amide bonds. The summed E-state index contributed by atoms with van der Waals surface area (Å²) in [6, 6.07) is 7.87. The zero-order chi connectivity index (χ0) is 22.8. The van der Waals surface area contributed by atoms with Crippen molar-refractivity contribution in [2.45, 2.75) is 31.0 Å². The number of hydrogen-bond acceptors (Lipinski definition) is 7. The van der Waals surface area contributed by atoms with Crippen LogP contribution in [-0.2, 0) is 20.7 Å². The zero-order valence-corrected chi connectivity index (χ0v) is 18.5. The van der Waals surface area contributed by atoms with Gasteiger partial charge in [-0.15, -0.1) is 11.3 Å². The molecule has 2 aliphatic rings. The lowest BCUT2D eigenvalue weighted by atomic mass is 10.0. The number of pyridine rings is 2. The molecule has 3 aromatic heterocycles. The number of thiophene rings is 1. The smallest absolute Gasteiger partial charge is 0.253 e. The van der Waals surface area contributed by atoms with Gasteiger partial charge in [-0.05, 0) is 41.6 Å². The molecule has 0 bridgehead atoms. The first kappa shape index (κ1) is 21.4. The molecule has 0 saturated carbocycles. The molecule has 5 rings (SSSR count). The van der Waals surface area contributed by atoms with E-state index in [9.17, 15) is 14.4 Å². The lowest BCUT2D eigenvalue weighted by Crippen LogP contribution is -2.53. The Balaban J connectivity index is 1.39. The van der Waals surface area contributed by atoms with Crippen LogP contribution < -0.4 is 5.32 Å². The molecule has 2 aliphatic heterocycles. The summed E-state index contributed by atoms with van der Waals surface area (Å²) in [5.41, 5.74) is 2.07. The summed E-state index contributed by atoms with van der Waals surface area (Å²) >= 11 is 1.56. The van der Waals surface area contributed by atoms with Crippen molar-refractivity contribution < 1.29 is 19.1 Å². The molecule has 9 heteroatoms. The molecule has 0 aliphatic carbocycles. The second-order valence-corrected chi connectivity index (χ2v) is 9.05. The first-order valence-corrected chi connectivity index (χ1v) is 11.6. The Bertz CT molecular complexity index is 1170. The van der Waals surface area contributed by atoms with E-state index < -0.39 is 18.0 Å². The van der Waals surface area contributed by atoms with Crippen molar-refractivity contribution in [3.63, 3.8) is 0 Å². The van der Waals surface area contributed by atoms with E-state index in [-0.39, 0.29) is 30.8 Å². The molecule has 168 valence electrons. The minimum Gasteiger partial charge on any atom is -0.368 e. The second-order valence-electron chi connectivity index (χ2n) is 8.11. The van der Waals surface area contributed by atoms with Crippen molar-refractivity contribution in [1.82, 2.24) is 20.2 Å². The number of amides is 2. The standard InChI is InChI=1S/C24H22N4O4S/c29-19-14-32-20-5-8-28(22(19)20)24(31)18(10-15-3-6-25-7-4-15)27-23(30)17-11-16(12-26-13-17)21-2-1-9-33-21/h1-4,6-7,9,11-13,18,20,22H,5,8,10,14H2,(H,27,30). The average Bonchev–Trinajstić information content (AvgIpc) is 3.59. The molecule has 1 N–H and O–H groups in total. The van der Waals surface area contributed by atoms with E-state index in [0.717, 1.165) is 16.0 Å². The van der Waals surface area contributed by atoms with Crippen molar-refractivity contribution >= 4 is 28.9 Å². The van der Waals surface area contributed by atoms with E-state index >= 15 is 0 Å². The molecule has 33 heavy (non-hydrogen) atoms.